The summed E-state index contributed by atoms with van der Waals surface area (Å²) in [4.78, 5) is 11.3. The lowest BCUT2D eigenvalue weighted by atomic mass is 10.1. The van der Waals surface area contributed by atoms with Crippen LogP contribution in [0.25, 0.3) is 0 Å². The highest BCUT2D eigenvalue weighted by Crippen LogP contribution is 2.06. The number of nitrogen functional groups attached to an aromatic ring is 1. The lowest BCUT2D eigenvalue weighted by Crippen LogP contribution is -2.24. The Morgan fingerprint density at radius 1 is 1.31 bits per heavy atom. The topological polar surface area (TPSA) is 67.5 Å². The first-order valence-electron chi connectivity index (χ1n) is 5.20. The molecule has 0 fully saturated rings. The molecule has 0 aliphatic rings. The van der Waals surface area contributed by atoms with E-state index in [1.807, 2.05) is 32.9 Å². The molecule has 3 N–H and O–H groups in total. The van der Waals surface area contributed by atoms with Gasteiger partial charge < -0.3 is 5.73 Å². The van der Waals surface area contributed by atoms with Gasteiger partial charge in [0.25, 0.3) is 0 Å². The second-order valence-electron chi connectivity index (χ2n) is 3.95. The standard InChI is InChI=1S/C12H17N3O/c1-8(2)12(16)15-14-9(3)10-4-6-11(13)7-5-10/h4-8H,13H2,1-3H3,(H,15,16)/b14-9-. The molecule has 4 nitrogen and oxygen atoms in total. The van der Waals surface area contributed by atoms with Crippen LogP contribution in [0.5, 0.6) is 0 Å². The molecule has 0 aromatic heterocycles. The quantitative estimate of drug-likeness (QED) is 0.462. The molecule has 4 heteroatoms. The number of hydrazone groups is 1. The Balaban J connectivity index is 2.70. The molecule has 0 spiro atoms. The van der Waals surface area contributed by atoms with Crippen molar-refractivity contribution >= 4 is 17.3 Å². The van der Waals surface area contributed by atoms with Crippen LogP contribution in [0.3, 0.4) is 0 Å². The summed E-state index contributed by atoms with van der Waals surface area (Å²) in [6, 6.07) is 7.35. The van der Waals surface area contributed by atoms with E-state index in [9.17, 15) is 4.79 Å². The molecule has 0 saturated heterocycles. The van der Waals surface area contributed by atoms with Crippen LogP contribution in [0.4, 0.5) is 5.69 Å². The zero-order valence-corrected chi connectivity index (χ0v) is 9.82. The molecule has 1 aromatic rings. The van der Waals surface area contributed by atoms with E-state index in [-0.39, 0.29) is 11.8 Å². The van der Waals surface area contributed by atoms with Crippen LogP contribution in [0.2, 0.25) is 0 Å². The molecule has 16 heavy (non-hydrogen) atoms. The molecule has 86 valence electrons. The van der Waals surface area contributed by atoms with Crippen LogP contribution in [-0.2, 0) is 4.79 Å². The van der Waals surface area contributed by atoms with Crippen molar-refractivity contribution in [2.45, 2.75) is 20.8 Å². The highest BCUT2D eigenvalue weighted by atomic mass is 16.2. The number of amides is 1. The smallest absolute Gasteiger partial charge is 0.242 e. The van der Waals surface area contributed by atoms with Gasteiger partial charge in [-0.25, -0.2) is 5.43 Å². The number of anilines is 1. The Labute approximate surface area is 95.5 Å². The number of hydrogen-bond acceptors (Lipinski definition) is 3. The van der Waals surface area contributed by atoms with Crippen LogP contribution in [0.1, 0.15) is 26.3 Å². The molecule has 0 atom stereocenters. The fraction of sp³-hybridized carbons (Fsp3) is 0.333. The minimum absolute atomic E-state index is 0.0667. The zero-order valence-electron chi connectivity index (χ0n) is 9.82. The second-order valence-corrected chi connectivity index (χ2v) is 3.95. The number of nitrogens with zero attached hydrogens (tertiary/aromatic N) is 1. The summed E-state index contributed by atoms with van der Waals surface area (Å²) < 4.78 is 0. The van der Waals surface area contributed by atoms with Crippen molar-refractivity contribution in [2.75, 3.05) is 5.73 Å². The van der Waals surface area contributed by atoms with Crippen LogP contribution in [0.15, 0.2) is 29.4 Å². The highest BCUT2D eigenvalue weighted by molar-refractivity contribution is 5.99. The first-order chi connectivity index (χ1) is 7.50. The van der Waals surface area contributed by atoms with Gasteiger partial charge >= 0.3 is 0 Å². The van der Waals surface area contributed by atoms with E-state index in [1.165, 1.54) is 0 Å². The van der Waals surface area contributed by atoms with Crippen LogP contribution < -0.4 is 11.2 Å². The summed E-state index contributed by atoms with van der Waals surface area (Å²) in [5.41, 5.74) is 10.5. The third kappa shape index (κ3) is 3.38. The first kappa shape index (κ1) is 12.2. The van der Waals surface area contributed by atoms with Crippen molar-refractivity contribution in [3.05, 3.63) is 29.8 Å². The van der Waals surface area contributed by atoms with Gasteiger partial charge in [0.1, 0.15) is 0 Å². The summed E-state index contributed by atoms with van der Waals surface area (Å²) in [7, 11) is 0. The predicted molar refractivity (Wildman–Crippen MR) is 66.0 cm³/mol. The number of rotatable bonds is 3. The maximum Gasteiger partial charge on any atom is 0.242 e. The van der Waals surface area contributed by atoms with Crippen molar-refractivity contribution in [3.63, 3.8) is 0 Å². The Bertz CT molecular complexity index is 393. The SMILES string of the molecule is C/C(=N/NC(=O)C(C)C)c1ccc(N)cc1. The number of carbonyl (C=O) groups excluding carboxylic acids is 1. The van der Waals surface area contributed by atoms with Gasteiger partial charge in [-0.05, 0) is 24.6 Å². The Kier molecular flexibility index (Phi) is 4.05. The van der Waals surface area contributed by atoms with Gasteiger partial charge in [-0.15, -0.1) is 0 Å². The summed E-state index contributed by atoms with van der Waals surface area (Å²) in [5.74, 6) is -0.155. The van der Waals surface area contributed by atoms with E-state index >= 15 is 0 Å². The lowest BCUT2D eigenvalue weighted by molar-refractivity contribution is -0.123. The molecule has 1 aromatic carbocycles. The van der Waals surface area contributed by atoms with Gasteiger partial charge in [0.15, 0.2) is 0 Å². The molecule has 0 bridgehead atoms. The van der Waals surface area contributed by atoms with Gasteiger partial charge in [0.2, 0.25) is 5.91 Å². The number of nitrogens with two attached hydrogens (primary N) is 1. The van der Waals surface area contributed by atoms with Crippen molar-refractivity contribution < 1.29 is 4.79 Å². The fourth-order valence-corrected chi connectivity index (χ4v) is 1.06. The van der Waals surface area contributed by atoms with Crippen molar-refractivity contribution in [2.24, 2.45) is 11.0 Å². The lowest BCUT2D eigenvalue weighted by Gasteiger charge is -2.04. The average Bonchev–Trinajstić information content (AvgIpc) is 2.26. The van der Waals surface area contributed by atoms with Crippen molar-refractivity contribution in [1.29, 1.82) is 0 Å². The summed E-state index contributed by atoms with van der Waals surface area (Å²) in [6.07, 6.45) is 0. The number of benzene rings is 1. The third-order valence-electron chi connectivity index (χ3n) is 2.19. The van der Waals surface area contributed by atoms with Gasteiger partial charge in [0.05, 0.1) is 5.71 Å². The Morgan fingerprint density at radius 3 is 2.38 bits per heavy atom. The Hall–Kier alpha value is -1.84. The normalized spacial score (nSPS) is 11.6. The van der Waals surface area contributed by atoms with E-state index in [0.717, 1.165) is 11.3 Å². The number of hydrogen-bond donors (Lipinski definition) is 2. The average molecular weight is 219 g/mol. The van der Waals surface area contributed by atoms with Crippen LogP contribution >= 0.6 is 0 Å². The number of nitrogens with one attached hydrogen (secondary N) is 1. The largest absolute Gasteiger partial charge is 0.399 e. The first-order valence-corrected chi connectivity index (χ1v) is 5.20. The molecular weight excluding hydrogens is 202 g/mol. The zero-order chi connectivity index (χ0) is 12.1. The highest BCUT2D eigenvalue weighted by Gasteiger charge is 2.05. The monoisotopic (exact) mass is 219 g/mol. The van der Waals surface area contributed by atoms with Crippen LogP contribution in [-0.4, -0.2) is 11.6 Å². The van der Waals surface area contributed by atoms with Gasteiger partial charge in [-0.3, -0.25) is 4.79 Å². The Morgan fingerprint density at radius 2 is 1.88 bits per heavy atom. The molecule has 0 aliphatic carbocycles. The van der Waals surface area contributed by atoms with Crippen molar-refractivity contribution in [3.8, 4) is 0 Å². The fourth-order valence-electron chi connectivity index (χ4n) is 1.06. The molecule has 0 aliphatic heterocycles. The van der Waals surface area contributed by atoms with E-state index in [4.69, 9.17) is 5.73 Å². The maximum absolute atomic E-state index is 11.3. The summed E-state index contributed by atoms with van der Waals surface area (Å²) in [5, 5.41) is 4.02. The van der Waals surface area contributed by atoms with Gasteiger partial charge in [-0.1, -0.05) is 26.0 Å². The van der Waals surface area contributed by atoms with Gasteiger partial charge in [0, 0.05) is 11.6 Å². The molecule has 1 amide bonds. The summed E-state index contributed by atoms with van der Waals surface area (Å²) in [6.45, 7) is 5.49. The molecule has 1 rings (SSSR count). The molecule has 0 heterocycles. The van der Waals surface area contributed by atoms with Crippen molar-refractivity contribution in [1.82, 2.24) is 5.43 Å². The molecule has 0 radical (unpaired) electrons. The molecular formula is C12H17N3O. The van der Waals surface area contributed by atoms with E-state index in [2.05, 4.69) is 10.5 Å². The van der Waals surface area contributed by atoms with E-state index in [0.29, 0.717) is 5.69 Å². The summed E-state index contributed by atoms with van der Waals surface area (Å²) >= 11 is 0. The molecule has 0 saturated carbocycles. The molecule has 0 unspecified atom stereocenters. The third-order valence-corrected chi connectivity index (χ3v) is 2.19. The maximum atomic E-state index is 11.3. The minimum atomic E-state index is -0.0882. The van der Waals surface area contributed by atoms with Crippen LogP contribution in [0, 0.1) is 5.92 Å². The van der Waals surface area contributed by atoms with Gasteiger partial charge in [-0.2, -0.15) is 5.10 Å². The predicted octanol–water partition coefficient (Wildman–Crippen LogP) is 1.77. The number of carbonyl (C=O) groups is 1. The minimum Gasteiger partial charge on any atom is -0.399 e. The van der Waals surface area contributed by atoms with E-state index in [1.54, 1.807) is 12.1 Å². The van der Waals surface area contributed by atoms with E-state index < -0.39 is 0 Å². The second kappa shape index (κ2) is 5.30.